The molecule has 5 nitrogen and oxygen atoms in total. The number of pyridine rings is 1. The van der Waals surface area contributed by atoms with Crippen LogP contribution in [0.3, 0.4) is 0 Å². The second-order valence-corrected chi connectivity index (χ2v) is 7.78. The van der Waals surface area contributed by atoms with Crippen LogP contribution in [0.5, 0.6) is 0 Å². The Morgan fingerprint density at radius 1 is 1.12 bits per heavy atom. The fraction of sp³-hybridized carbons (Fsp3) is 0.375. The third kappa shape index (κ3) is 5.55. The van der Waals surface area contributed by atoms with Gasteiger partial charge in [-0.25, -0.2) is 4.98 Å². The number of aromatic nitrogens is 3. The van der Waals surface area contributed by atoms with Crippen molar-refractivity contribution in [1.82, 2.24) is 14.8 Å². The lowest BCUT2D eigenvalue weighted by atomic mass is 9.89. The topological polar surface area (TPSA) is 59.8 Å². The van der Waals surface area contributed by atoms with E-state index < -0.39 is 18.1 Å². The van der Waals surface area contributed by atoms with Crippen LogP contribution in [0.15, 0.2) is 54.7 Å². The third-order valence-corrected chi connectivity index (χ3v) is 5.57. The van der Waals surface area contributed by atoms with Crippen molar-refractivity contribution in [2.24, 2.45) is 0 Å². The van der Waals surface area contributed by atoms with Crippen LogP contribution in [0.1, 0.15) is 66.0 Å². The minimum Gasteiger partial charge on any atom is -0.305 e. The van der Waals surface area contributed by atoms with E-state index >= 15 is 0 Å². The number of nitrogens with one attached hydrogen (secondary N) is 1. The Kier molecular flexibility index (Phi) is 7.33. The van der Waals surface area contributed by atoms with Gasteiger partial charge in [0, 0.05) is 11.9 Å². The van der Waals surface area contributed by atoms with Gasteiger partial charge >= 0.3 is 6.18 Å². The molecule has 2 atom stereocenters. The molecule has 2 aromatic heterocycles. The SMILES string of the molecule is CCc1ccc(NC(=O)c2cc(C)n(C(CC(CC)c3ccccc3)C(F)(F)F)n2)nc1. The van der Waals surface area contributed by atoms with Gasteiger partial charge in [0.15, 0.2) is 5.69 Å². The minimum absolute atomic E-state index is 0.0779. The molecular formula is C24H27F3N4O. The van der Waals surface area contributed by atoms with Crippen LogP contribution >= 0.6 is 0 Å². The van der Waals surface area contributed by atoms with E-state index in [-0.39, 0.29) is 23.7 Å². The summed E-state index contributed by atoms with van der Waals surface area (Å²) >= 11 is 0. The average molecular weight is 445 g/mol. The summed E-state index contributed by atoms with van der Waals surface area (Å²) in [6, 6.07) is 12.2. The highest BCUT2D eigenvalue weighted by Crippen LogP contribution is 2.39. The van der Waals surface area contributed by atoms with Crippen LogP contribution in [0.25, 0.3) is 0 Å². The lowest BCUT2D eigenvalue weighted by Gasteiger charge is -2.26. The first-order valence-corrected chi connectivity index (χ1v) is 10.7. The number of nitrogens with zero attached hydrogens (tertiary/aromatic N) is 3. The van der Waals surface area contributed by atoms with Crippen molar-refractivity contribution in [2.45, 2.75) is 58.2 Å². The van der Waals surface area contributed by atoms with Gasteiger partial charge in [-0.15, -0.1) is 0 Å². The molecule has 0 aliphatic heterocycles. The van der Waals surface area contributed by atoms with E-state index in [9.17, 15) is 18.0 Å². The van der Waals surface area contributed by atoms with E-state index in [4.69, 9.17) is 0 Å². The van der Waals surface area contributed by atoms with E-state index in [1.54, 1.807) is 12.3 Å². The summed E-state index contributed by atoms with van der Waals surface area (Å²) in [5.74, 6) is -0.563. The fourth-order valence-corrected chi connectivity index (χ4v) is 3.71. The van der Waals surface area contributed by atoms with E-state index in [0.717, 1.165) is 22.2 Å². The molecule has 2 unspecified atom stereocenters. The van der Waals surface area contributed by atoms with Gasteiger partial charge in [0.25, 0.3) is 5.91 Å². The number of halogens is 3. The first-order valence-electron chi connectivity index (χ1n) is 10.7. The van der Waals surface area contributed by atoms with Gasteiger partial charge in [0.2, 0.25) is 0 Å². The number of anilines is 1. The van der Waals surface area contributed by atoms with Crippen molar-refractivity contribution in [3.8, 4) is 0 Å². The molecule has 1 aromatic carbocycles. The Morgan fingerprint density at radius 2 is 1.84 bits per heavy atom. The maximum absolute atomic E-state index is 14.1. The summed E-state index contributed by atoms with van der Waals surface area (Å²) in [5.41, 5.74) is 2.06. The van der Waals surface area contributed by atoms with E-state index in [0.29, 0.717) is 12.2 Å². The molecule has 3 rings (SSSR count). The van der Waals surface area contributed by atoms with Crippen LogP contribution in [-0.2, 0) is 6.42 Å². The van der Waals surface area contributed by atoms with Gasteiger partial charge in [0.1, 0.15) is 11.9 Å². The molecular weight excluding hydrogens is 417 g/mol. The molecule has 170 valence electrons. The molecule has 2 heterocycles. The minimum atomic E-state index is -4.51. The van der Waals surface area contributed by atoms with Crippen molar-refractivity contribution < 1.29 is 18.0 Å². The molecule has 3 aromatic rings. The maximum Gasteiger partial charge on any atom is 0.410 e. The molecule has 0 saturated carbocycles. The van der Waals surface area contributed by atoms with Gasteiger partial charge in [0.05, 0.1) is 0 Å². The molecule has 0 radical (unpaired) electrons. The number of amides is 1. The van der Waals surface area contributed by atoms with Crippen LogP contribution in [0.2, 0.25) is 0 Å². The number of rotatable bonds is 8. The standard InChI is InChI=1S/C24H27F3N4O/c1-4-17-11-12-22(28-15-17)29-23(32)20-13-16(3)31(30-20)21(24(25,26)27)14-18(5-2)19-9-7-6-8-10-19/h6-13,15,18,21H,4-5,14H2,1-3H3,(H,28,29,32). The quantitative estimate of drug-likeness (QED) is 0.457. The highest BCUT2D eigenvalue weighted by Gasteiger charge is 2.43. The van der Waals surface area contributed by atoms with Gasteiger partial charge in [-0.1, -0.05) is 50.2 Å². The van der Waals surface area contributed by atoms with Gasteiger partial charge < -0.3 is 5.32 Å². The molecule has 1 N–H and O–H groups in total. The van der Waals surface area contributed by atoms with Crippen LogP contribution in [-0.4, -0.2) is 26.8 Å². The predicted octanol–water partition coefficient (Wildman–Crippen LogP) is 6.09. The first-order chi connectivity index (χ1) is 15.2. The molecule has 0 aliphatic carbocycles. The second-order valence-electron chi connectivity index (χ2n) is 7.78. The molecule has 8 heteroatoms. The molecule has 0 fully saturated rings. The van der Waals surface area contributed by atoms with E-state index in [1.165, 1.54) is 13.0 Å². The van der Waals surface area contributed by atoms with E-state index in [1.807, 2.05) is 50.2 Å². The predicted molar refractivity (Wildman–Crippen MR) is 118 cm³/mol. The van der Waals surface area contributed by atoms with Crippen molar-refractivity contribution in [2.75, 3.05) is 5.32 Å². The monoisotopic (exact) mass is 444 g/mol. The number of hydrogen-bond acceptors (Lipinski definition) is 3. The third-order valence-electron chi connectivity index (χ3n) is 5.57. The van der Waals surface area contributed by atoms with Crippen LogP contribution in [0, 0.1) is 6.92 Å². The summed E-state index contributed by atoms with van der Waals surface area (Å²) in [6.45, 7) is 5.39. The smallest absolute Gasteiger partial charge is 0.305 e. The number of hydrogen-bond donors (Lipinski definition) is 1. The molecule has 0 bridgehead atoms. The zero-order chi connectivity index (χ0) is 23.3. The normalized spacial score (nSPS) is 13.6. The largest absolute Gasteiger partial charge is 0.410 e. The van der Waals surface area contributed by atoms with Crippen LogP contribution < -0.4 is 5.32 Å². The Hall–Kier alpha value is -3.16. The number of benzene rings is 1. The van der Waals surface area contributed by atoms with Gasteiger partial charge in [-0.3, -0.25) is 9.48 Å². The zero-order valence-electron chi connectivity index (χ0n) is 18.4. The van der Waals surface area contributed by atoms with Gasteiger partial charge in [-0.2, -0.15) is 18.3 Å². The molecule has 0 saturated heterocycles. The Labute approximate surface area is 185 Å². The Bertz CT molecular complexity index is 1030. The number of aryl methyl sites for hydroxylation is 2. The first kappa shape index (κ1) is 23.5. The van der Waals surface area contributed by atoms with Crippen LogP contribution in [0.4, 0.5) is 19.0 Å². The molecule has 1 amide bonds. The fourth-order valence-electron chi connectivity index (χ4n) is 3.71. The summed E-state index contributed by atoms with van der Waals surface area (Å²) in [7, 11) is 0. The van der Waals surface area contributed by atoms with Crippen molar-refractivity contribution in [3.63, 3.8) is 0 Å². The summed E-state index contributed by atoms with van der Waals surface area (Å²) < 4.78 is 43.1. The number of alkyl halides is 3. The Balaban J connectivity index is 1.84. The second kappa shape index (κ2) is 9.97. The highest BCUT2D eigenvalue weighted by atomic mass is 19.4. The van der Waals surface area contributed by atoms with Gasteiger partial charge in [-0.05, 0) is 55.4 Å². The molecule has 0 spiro atoms. The van der Waals surface area contributed by atoms with Crippen molar-refractivity contribution >= 4 is 11.7 Å². The summed E-state index contributed by atoms with van der Waals surface area (Å²) in [5, 5.41) is 6.64. The number of carbonyl (C=O) groups is 1. The molecule has 32 heavy (non-hydrogen) atoms. The average Bonchev–Trinajstić information content (AvgIpc) is 3.16. The number of carbonyl (C=O) groups excluding carboxylic acids is 1. The highest BCUT2D eigenvalue weighted by molar-refractivity contribution is 6.02. The summed E-state index contributed by atoms with van der Waals surface area (Å²) in [4.78, 5) is 16.8. The zero-order valence-corrected chi connectivity index (χ0v) is 18.4. The lowest BCUT2D eigenvalue weighted by molar-refractivity contribution is -0.173. The van der Waals surface area contributed by atoms with E-state index in [2.05, 4.69) is 15.4 Å². The Morgan fingerprint density at radius 3 is 2.41 bits per heavy atom. The summed E-state index contributed by atoms with van der Waals surface area (Å²) in [6.07, 6.45) is -1.65. The van der Waals surface area contributed by atoms with Crippen molar-refractivity contribution in [1.29, 1.82) is 0 Å². The van der Waals surface area contributed by atoms with Crippen molar-refractivity contribution in [3.05, 3.63) is 77.2 Å². The maximum atomic E-state index is 14.1. The molecule has 0 aliphatic rings. The lowest BCUT2D eigenvalue weighted by Crippen LogP contribution is -2.30.